The molecule has 2 heteroatoms. The first-order valence-corrected chi connectivity index (χ1v) is 5.70. The zero-order valence-electron chi connectivity index (χ0n) is 11.1. The van der Waals surface area contributed by atoms with Crippen LogP contribution in [0, 0.1) is 0 Å². The molecule has 90 valence electrons. The fourth-order valence-electron chi connectivity index (χ4n) is 1.69. The first-order chi connectivity index (χ1) is 7.43. The van der Waals surface area contributed by atoms with Gasteiger partial charge in [-0.05, 0) is 23.6 Å². The van der Waals surface area contributed by atoms with E-state index in [0.29, 0.717) is 6.73 Å². The predicted molar refractivity (Wildman–Crippen MR) is 68.5 cm³/mol. The van der Waals surface area contributed by atoms with Gasteiger partial charge in [-0.15, -0.1) is 0 Å². The summed E-state index contributed by atoms with van der Waals surface area (Å²) in [5.74, 6) is 0. The van der Waals surface area contributed by atoms with Gasteiger partial charge in [0.05, 0.1) is 6.73 Å². The molecule has 2 nitrogen and oxygen atoms in total. The molecule has 0 heterocycles. The number of nitrogens with zero attached hydrogens (tertiary/aromatic N) is 1. The highest BCUT2D eigenvalue weighted by atomic mass is 16.5. The van der Waals surface area contributed by atoms with Crippen molar-refractivity contribution in [3.8, 4) is 0 Å². The minimum Gasteiger partial charge on any atom is -0.369 e. The van der Waals surface area contributed by atoms with E-state index < -0.39 is 0 Å². The highest BCUT2D eigenvalue weighted by molar-refractivity contribution is 5.27. The summed E-state index contributed by atoms with van der Waals surface area (Å²) in [6.07, 6.45) is 0. The number of hydrogen-bond donors (Lipinski definition) is 0. The second-order valence-corrected chi connectivity index (χ2v) is 5.38. The van der Waals surface area contributed by atoms with Crippen molar-refractivity contribution in [2.75, 3.05) is 20.9 Å². The molecule has 0 fully saturated rings. The number of hydrogen-bond acceptors (Lipinski definition) is 2. The largest absolute Gasteiger partial charge is 0.369 e. The average Bonchev–Trinajstić information content (AvgIpc) is 2.17. The van der Waals surface area contributed by atoms with Crippen LogP contribution in [-0.2, 0) is 16.7 Å². The minimum atomic E-state index is 0.233. The second-order valence-electron chi connectivity index (χ2n) is 5.38. The van der Waals surface area contributed by atoms with Crippen molar-refractivity contribution in [2.24, 2.45) is 0 Å². The first-order valence-electron chi connectivity index (χ1n) is 5.70. The van der Waals surface area contributed by atoms with Crippen LogP contribution in [0.15, 0.2) is 24.3 Å². The normalized spacial score (nSPS) is 12.1. The molecule has 0 unspecified atom stereocenters. The summed E-state index contributed by atoms with van der Waals surface area (Å²) in [6, 6.07) is 8.84. The Morgan fingerprint density at radius 3 is 2.12 bits per heavy atom. The average molecular weight is 221 g/mol. The third-order valence-electron chi connectivity index (χ3n) is 2.62. The van der Waals surface area contributed by atoms with Crippen LogP contribution in [-0.4, -0.2) is 25.8 Å². The van der Waals surface area contributed by atoms with E-state index in [1.54, 1.807) is 7.11 Å². The van der Waals surface area contributed by atoms with E-state index >= 15 is 0 Å². The van der Waals surface area contributed by atoms with E-state index in [4.69, 9.17) is 4.74 Å². The Morgan fingerprint density at radius 1 is 1.12 bits per heavy atom. The molecule has 0 amide bonds. The van der Waals surface area contributed by atoms with Gasteiger partial charge in [-0.25, -0.2) is 0 Å². The molecule has 1 aromatic carbocycles. The van der Waals surface area contributed by atoms with Gasteiger partial charge in [0.25, 0.3) is 0 Å². The SMILES string of the molecule is COCN(C)Cc1ccc(C(C)(C)C)cc1. The summed E-state index contributed by atoms with van der Waals surface area (Å²) >= 11 is 0. The van der Waals surface area contributed by atoms with E-state index in [9.17, 15) is 0 Å². The summed E-state index contributed by atoms with van der Waals surface area (Å²) in [5.41, 5.74) is 2.94. The molecular formula is C14H23NO. The monoisotopic (exact) mass is 221 g/mol. The summed E-state index contributed by atoms with van der Waals surface area (Å²) in [4.78, 5) is 2.14. The summed E-state index contributed by atoms with van der Waals surface area (Å²) in [5, 5.41) is 0. The lowest BCUT2D eigenvalue weighted by Crippen LogP contribution is -2.20. The number of benzene rings is 1. The van der Waals surface area contributed by atoms with Gasteiger partial charge in [0, 0.05) is 13.7 Å². The molecule has 0 N–H and O–H groups in total. The van der Waals surface area contributed by atoms with Gasteiger partial charge in [0.2, 0.25) is 0 Å². The molecule has 0 aliphatic heterocycles. The fraction of sp³-hybridized carbons (Fsp3) is 0.571. The van der Waals surface area contributed by atoms with E-state index in [-0.39, 0.29) is 5.41 Å². The maximum atomic E-state index is 5.08. The molecule has 0 aromatic heterocycles. The van der Waals surface area contributed by atoms with Crippen molar-refractivity contribution in [1.29, 1.82) is 0 Å². The molecule has 1 rings (SSSR count). The molecule has 0 saturated carbocycles. The lowest BCUT2D eigenvalue weighted by Gasteiger charge is -2.20. The second kappa shape index (κ2) is 5.46. The Labute approximate surface area is 99.2 Å². The number of rotatable bonds is 4. The molecule has 0 atom stereocenters. The molecule has 0 spiro atoms. The zero-order chi connectivity index (χ0) is 12.2. The van der Waals surface area contributed by atoms with Crippen molar-refractivity contribution < 1.29 is 4.74 Å². The third-order valence-corrected chi connectivity index (χ3v) is 2.62. The Kier molecular flexibility index (Phi) is 4.51. The van der Waals surface area contributed by atoms with Crippen molar-refractivity contribution in [1.82, 2.24) is 4.90 Å². The van der Waals surface area contributed by atoms with Gasteiger partial charge < -0.3 is 4.74 Å². The first kappa shape index (κ1) is 13.2. The van der Waals surface area contributed by atoms with Gasteiger partial charge in [0.15, 0.2) is 0 Å². The molecule has 0 saturated heterocycles. The van der Waals surface area contributed by atoms with Gasteiger partial charge in [-0.1, -0.05) is 45.0 Å². The van der Waals surface area contributed by atoms with Crippen LogP contribution in [0.1, 0.15) is 31.9 Å². The highest BCUT2D eigenvalue weighted by Crippen LogP contribution is 2.22. The van der Waals surface area contributed by atoms with Crippen LogP contribution in [0.3, 0.4) is 0 Å². The molecule has 16 heavy (non-hydrogen) atoms. The minimum absolute atomic E-state index is 0.233. The van der Waals surface area contributed by atoms with Gasteiger partial charge in [-0.3, -0.25) is 4.90 Å². The van der Waals surface area contributed by atoms with Crippen LogP contribution in [0.2, 0.25) is 0 Å². The predicted octanol–water partition coefficient (Wildman–Crippen LogP) is 3.02. The van der Waals surface area contributed by atoms with E-state index in [1.165, 1.54) is 11.1 Å². The van der Waals surface area contributed by atoms with Crippen LogP contribution < -0.4 is 0 Å². The Balaban J connectivity index is 2.65. The van der Waals surface area contributed by atoms with Crippen LogP contribution in [0.25, 0.3) is 0 Å². The van der Waals surface area contributed by atoms with Crippen LogP contribution in [0.4, 0.5) is 0 Å². The Morgan fingerprint density at radius 2 is 1.69 bits per heavy atom. The summed E-state index contributed by atoms with van der Waals surface area (Å²) < 4.78 is 5.08. The zero-order valence-corrected chi connectivity index (χ0v) is 11.1. The molecule has 0 radical (unpaired) electrons. The lowest BCUT2D eigenvalue weighted by molar-refractivity contribution is 0.0771. The van der Waals surface area contributed by atoms with Gasteiger partial charge in [0.1, 0.15) is 0 Å². The summed E-state index contributed by atoms with van der Waals surface area (Å²) in [6.45, 7) is 8.30. The van der Waals surface area contributed by atoms with E-state index in [0.717, 1.165) is 6.54 Å². The molecule has 1 aromatic rings. The maximum absolute atomic E-state index is 5.08. The van der Waals surface area contributed by atoms with Crippen molar-refractivity contribution in [2.45, 2.75) is 32.7 Å². The molecule has 0 bridgehead atoms. The molecule has 0 aliphatic rings. The van der Waals surface area contributed by atoms with Crippen molar-refractivity contribution in [3.63, 3.8) is 0 Å². The van der Waals surface area contributed by atoms with Crippen molar-refractivity contribution in [3.05, 3.63) is 35.4 Å². The fourth-order valence-corrected chi connectivity index (χ4v) is 1.69. The van der Waals surface area contributed by atoms with E-state index in [2.05, 4.69) is 57.0 Å². The Bertz CT molecular complexity index is 311. The Hall–Kier alpha value is -0.860. The molecule has 0 aliphatic carbocycles. The van der Waals surface area contributed by atoms with Crippen molar-refractivity contribution >= 4 is 0 Å². The number of ether oxygens (including phenoxy) is 1. The van der Waals surface area contributed by atoms with Gasteiger partial charge in [-0.2, -0.15) is 0 Å². The topological polar surface area (TPSA) is 12.5 Å². The van der Waals surface area contributed by atoms with Crippen LogP contribution in [0.5, 0.6) is 0 Å². The van der Waals surface area contributed by atoms with E-state index in [1.807, 2.05) is 0 Å². The summed E-state index contributed by atoms with van der Waals surface area (Å²) in [7, 11) is 3.78. The smallest absolute Gasteiger partial charge is 0.0986 e. The maximum Gasteiger partial charge on any atom is 0.0986 e. The third kappa shape index (κ3) is 3.95. The lowest BCUT2D eigenvalue weighted by atomic mass is 9.87. The molecular weight excluding hydrogens is 198 g/mol. The highest BCUT2D eigenvalue weighted by Gasteiger charge is 2.12. The van der Waals surface area contributed by atoms with Gasteiger partial charge >= 0.3 is 0 Å². The number of methoxy groups -OCH3 is 1. The standard InChI is InChI=1S/C14H23NO/c1-14(2,3)13-8-6-12(7-9-13)10-15(4)11-16-5/h6-9H,10-11H2,1-5H3. The van der Waals surface area contributed by atoms with Crippen LogP contribution >= 0.6 is 0 Å². The quantitative estimate of drug-likeness (QED) is 0.725.